The summed E-state index contributed by atoms with van der Waals surface area (Å²) >= 11 is 0. The van der Waals surface area contributed by atoms with Gasteiger partial charge in [0.15, 0.2) is 0 Å². The van der Waals surface area contributed by atoms with E-state index in [0.29, 0.717) is 5.92 Å². The van der Waals surface area contributed by atoms with Gasteiger partial charge in [-0.25, -0.2) is 0 Å². The maximum atomic E-state index is 11.7. The molecule has 0 aromatic heterocycles. The molecule has 1 saturated carbocycles. The monoisotopic (exact) mass is 209 g/mol. The highest BCUT2D eigenvalue weighted by Gasteiger charge is 2.31. The molecule has 1 rings (SSSR count). The number of carbonyl (C=O) groups is 1. The SMILES string of the molecule is CC1CC[C@@H](C(=O)NC(C)C#N)[C@@H](N)C1. The number of nitriles is 1. The predicted octanol–water partition coefficient (Wildman–Crippen LogP) is 0.778. The smallest absolute Gasteiger partial charge is 0.225 e. The van der Waals surface area contributed by atoms with Crippen molar-refractivity contribution < 1.29 is 4.79 Å². The zero-order valence-corrected chi connectivity index (χ0v) is 9.36. The summed E-state index contributed by atoms with van der Waals surface area (Å²) in [4.78, 5) is 11.7. The summed E-state index contributed by atoms with van der Waals surface area (Å²) in [5.74, 6) is 0.429. The Morgan fingerprint density at radius 2 is 2.27 bits per heavy atom. The van der Waals surface area contributed by atoms with Gasteiger partial charge in [0.2, 0.25) is 5.91 Å². The largest absolute Gasteiger partial charge is 0.340 e. The number of nitrogens with two attached hydrogens (primary N) is 1. The molecule has 2 unspecified atom stereocenters. The predicted molar refractivity (Wildman–Crippen MR) is 57.7 cm³/mol. The molecule has 0 radical (unpaired) electrons. The van der Waals surface area contributed by atoms with Crippen molar-refractivity contribution in [3.05, 3.63) is 0 Å². The van der Waals surface area contributed by atoms with Gasteiger partial charge in [-0.15, -0.1) is 0 Å². The van der Waals surface area contributed by atoms with Crippen molar-refractivity contribution in [1.82, 2.24) is 5.32 Å². The van der Waals surface area contributed by atoms with E-state index in [1.54, 1.807) is 6.92 Å². The maximum absolute atomic E-state index is 11.7. The molecule has 0 aliphatic heterocycles. The van der Waals surface area contributed by atoms with Crippen LogP contribution in [-0.4, -0.2) is 18.0 Å². The van der Waals surface area contributed by atoms with Crippen LogP contribution in [0.15, 0.2) is 0 Å². The molecular formula is C11H19N3O. The van der Waals surface area contributed by atoms with Gasteiger partial charge in [-0.3, -0.25) is 4.79 Å². The summed E-state index contributed by atoms with van der Waals surface area (Å²) in [6.45, 7) is 3.83. The van der Waals surface area contributed by atoms with E-state index in [-0.39, 0.29) is 17.9 Å². The minimum Gasteiger partial charge on any atom is -0.340 e. The number of nitrogens with zero attached hydrogens (tertiary/aromatic N) is 1. The lowest BCUT2D eigenvalue weighted by atomic mass is 9.79. The van der Waals surface area contributed by atoms with Crippen molar-refractivity contribution in [2.75, 3.05) is 0 Å². The average Bonchev–Trinajstić information content (AvgIpc) is 2.17. The summed E-state index contributed by atoms with van der Waals surface area (Å²) < 4.78 is 0. The topological polar surface area (TPSA) is 78.9 Å². The van der Waals surface area contributed by atoms with Gasteiger partial charge in [-0.1, -0.05) is 6.92 Å². The van der Waals surface area contributed by atoms with Crippen molar-refractivity contribution in [3.8, 4) is 6.07 Å². The second-order valence-corrected chi connectivity index (χ2v) is 4.55. The fraction of sp³-hybridized carbons (Fsp3) is 0.818. The second-order valence-electron chi connectivity index (χ2n) is 4.55. The minimum absolute atomic E-state index is 0.0559. The summed E-state index contributed by atoms with van der Waals surface area (Å²) in [5, 5.41) is 11.3. The third kappa shape index (κ3) is 3.21. The third-order valence-corrected chi connectivity index (χ3v) is 3.05. The van der Waals surface area contributed by atoms with Crippen LogP contribution in [0.2, 0.25) is 0 Å². The molecule has 1 aliphatic rings. The molecule has 1 aliphatic carbocycles. The Kier molecular flexibility index (Phi) is 4.10. The number of amides is 1. The molecule has 1 fully saturated rings. The van der Waals surface area contributed by atoms with Crippen LogP contribution in [-0.2, 0) is 4.79 Å². The molecule has 4 nitrogen and oxygen atoms in total. The molecule has 0 heterocycles. The highest BCUT2D eigenvalue weighted by atomic mass is 16.2. The van der Waals surface area contributed by atoms with E-state index in [9.17, 15) is 4.79 Å². The van der Waals surface area contributed by atoms with Gasteiger partial charge in [0.1, 0.15) is 6.04 Å². The van der Waals surface area contributed by atoms with Gasteiger partial charge in [-0.2, -0.15) is 5.26 Å². The molecule has 4 heteroatoms. The summed E-state index contributed by atoms with van der Waals surface area (Å²) in [5.41, 5.74) is 5.94. The first-order chi connectivity index (χ1) is 7.04. The molecule has 3 N–H and O–H groups in total. The highest BCUT2D eigenvalue weighted by molar-refractivity contribution is 5.80. The number of nitrogens with one attached hydrogen (secondary N) is 1. The molecule has 0 aromatic carbocycles. The minimum atomic E-state index is -0.427. The van der Waals surface area contributed by atoms with E-state index in [1.165, 1.54) is 0 Å². The van der Waals surface area contributed by atoms with E-state index in [0.717, 1.165) is 19.3 Å². The van der Waals surface area contributed by atoms with Gasteiger partial charge >= 0.3 is 0 Å². The molecule has 0 saturated heterocycles. The van der Waals surface area contributed by atoms with E-state index >= 15 is 0 Å². The first-order valence-corrected chi connectivity index (χ1v) is 5.50. The first-order valence-electron chi connectivity index (χ1n) is 5.50. The van der Waals surface area contributed by atoms with Crippen LogP contribution in [0.5, 0.6) is 0 Å². The van der Waals surface area contributed by atoms with E-state index in [2.05, 4.69) is 12.2 Å². The maximum Gasteiger partial charge on any atom is 0.225 e. The van der Waals surface area contributed by atoms with Crippen molar-refractivity contribution in [2.45, 2.75) is 45.2 Å². The normalized spacial score (nSPS) is 32.8. The van der Waals surface area contributed by atoms with Crippen LogP contribution >= 0.6 is 0 Å². The van der Waals surface area contributed by atoms with Crippen LogP contribution in [0, 0.1) is 23.2 Å². The van der Waals surface area contributed by atoms with Gasteiger partial charge in [-0.05, 0) is 32.1 Å². The first kappa shape index (κ1) is 12.0. The third-order valence-electron chi connectivity index (χ3n) is 3.05. The van der Waals surface area contributed by atoms with Crippen LogP contribution in [0.1, 0.15) is 33.1 Å². The average molecular weight is 209 g/mol. The molecule has 4 atom stereocenters. The fourth-order valence-electron chi connectivity index (χ4n) is 2.10. The summed E-state index contributed by atoms with van der Waals surface area (Å²) in [6.07, 6.45) is 2.79. The Bertz CT molecular complexity index is 271. The molecule has 0 spiro atoms. The van der Waals surface area contributed by atoms with Crippen LogP contribution in [0.25, 0.3) is 0 Å². The number of hydrogen-bond acceptors (Lipinski definition) is 3. The Morgan fingerprint density at radius 3 is 2.80 bits per heavy atom. The lowest BCUT2D eigenvalue weighted by Gasteiger charge is -2.31. The second kappa shape index (κ2) is 5.13. The van der Waals surface area contributed by atoms with E-state index in [4.69, 9.17) is 11.0 Å². The highest BCUT2D eigenvalue weighted by Crippen LogP contribution is 2.27. The lowest BCUT2D eigenvalue weighted by molar-refractivity contribution is -0.127. The van der Waals surface area contributed by atoms with Crippen molar-refractivity contribution in [2.24, 2.45) is 17.6 Å². The Hall–Kier alpha value is -1.08. The van der Waals surface area contributed by atoms with Crippen LogP contribution < -0.4 is 11.1 Å². The summed E-state index contributed by atoms with van der Waals surface area (Å²) in [6, 6.07) is 1.50. The van der Waals surface area contributed by atoms with E-state index in [1.807, 2.05) is 6.07 Å². The van der Waals surface area contributed by atoms with E-state index < -0.39 is 6.04 Å². The van der Waals surface area contributed by atoms with Gasteiger partial charge in [0.05, 0.1) is 12.0 Å². The Labute approximate surface area is 90.8 Å². The molecule has 0 aromatic rings. The summed E-state index contributed by atoms with van der Waals surface area (Å²) in [7, 11) is 0. The Morgan fingerprint density at radius 1 is 1.60 bits per heavy atom. The van der Waals surface area contributed by atoms with Gasteiger partial charge < -0.3 is 11.1 Å². The molecule has 1 amide bonds. The fourth-order valence-corrected chi connectivity index (χ4v) is 2.10. The standard InChI is InChI=1S/C11H19N3O/c1-7-3-4-9(10(13)5-7)11(15)14-8(2)6-12/h7-10H,3-5,13H2,1-2H3,(H,14,15)/t7?,8?,9-,10+/m1/s1. The lowest BCUT2D eigenvalue weighted by Crippen LogP contribution is -2.47. The van der Waals surface area contributed by atoms with Gasteiger partial charge in [0.25, 0.3) is 0 Å². The molecule has 0 bridgehead atoms. The zero-order chi connectivity index (χ0) is 11.4. The number of hydrogen-bond donors (Lipinski definition) is 2. The zero-order valence-electron chi connectivity index (χ0n) is 9.36. The number of rotatable bonds is 2. The van der Waals surface area contributed by atoms with Gasteiger partial charge in [0, 0.05) is 6.04 Å². The van der Waals surface area contributed by atoms with Crippen molar-refractivity contribution >= 4 is 5.91 Å². The molecule has 15 heavy (non-hydrogen) atoms. The van der Waals surface area contributed by atoms with Crippen LogP contribution in [0.3, 0.4) is 0 Å². The molecule has 84 valence electrons. The van der Waals surface area contributed by atoms with Crippen molar-refractivity contribution in [1.29, 1.82) is 5.26 Å². The van der Waals surface area contributed by atoms with Crippen LogP contribution in [0.4, 0.5) is 0 Å². The molecular weight excluding hydrogens is 190 g/mol. The van der Waals surface area contributed by atoms with Crippen molar-refractivity contribution in [3.63, 3.8) is 0 Å². The number of carbonyl (C=O) groups excluding carboxylic acids is 1. The Balaban J connectivity index is 2.50. The quantitative estimate of drug-likeness (QED) is 0.705.